The highest BCUT2D eigenvalue weighted by Crippen LogP contribution is 2.26. The molecule has 1 rings (SSSR count). The van der Waals surface area contributed by atoms with Crippen molar-refractivity contribution in [1.82, 2.24) is 0 Å². The molecule has 75 heavy (non-hydrogen) atoms. The summed E-state index contributed by atoms with van der Waals surface area (Å²) in [4.78, 5) is 51.1. The van der Waals surface area contributed by atoms with E-state index in [1.807, 2.05) is 0 Å². The summed E-state index contributed by atoms with van der Waals surface area (Å²) in [6.45, 7) is 5.82. The number of carboxylic acid groups (broad SMARTS) is 1. The van der Waals surface area contributed by atoms with E-state index in [-0.39, 0.29) is 25.9 Å². The van der Waals surface area contributed by atoms with E-state index in [1.165, 1.54) is 96.3 Å². The highest BCUT2D eigenvalue weighted by Gasteiger charge is 2.50. The number of hydrogen-bond acceptors (Lipinski definition) is 11. The lowest BCUT2D eigenvalue weighted by Gasteiger charge is -2.40. The third-order valence-electron chi connectivity index (χ3n) is 13.5. The fourth-order valence-electron chi connectivity index (χ4n) is 8.89. The van der Waals surface area contributed by atoms with E-state index in [9.17, 15) is 34.5 Å². The van der Waals surface area contributed by atoms with E-state index in [4.69, 9.17) is 23.7 Å². The normalized spacial score (nSPS) is 18.5. The number of esters is 3. The molecule has 0 amide bonds. The van der Waals surface area contributed by atoms with Crippen molar-refractivity contribution < 1.29 is 58.2 Å². The third kappa shape index (κ3) is 41.2. The number of ether oxygens (including phenoxy) is 5. The Labute approximate surface area is 456 Å². The second-order valence-electron chi connectivity index (χ2n) is 20.6. The van der Waals surface area contributed by atoms with Gasteiger partial charge in [-0.15, -0.1) is 0 Å². The Hall–Kier alpha value is -3.58. The summed E-state index contributed by atoms with van der Waals surface area (Å²) >= 11 is 0. The van der Waals surface area contributed by atoms with Crippen molar-refractivity contribution in [2.24, 2.45) is 0 Å². The minimum Gasteiger partial charge on any atom is -0.479 e. The van der Waals surface area contributed by atoms with E-state index in [2.05, 4.69) is 81.5 Å². The van der Waals surface area contributed by atoms with Crippen molar-refractivity contribution in [3.63, 3.8) is 0 Å². The van der Waals surface area contributed by atoms with Gasteiger partial charge in [-0.2, -0.15) is 0 Å². The first-order valence-corrected chi connectivity index (χ1v) is 30.3. The van der Waals surface area contributed by atoms with Gasteiger partial charge < -0.3 is 39.0 Å². The molecule has 1 fully saturated rings. The Kier molecular flexibility index (Phi) is 47.4. The van der Waals surface area contributed by atoms with Crippen LogP contribution < -0.4 is 0 Å². The van der Waals surface area contributed by atoms with Gasteiger partial charge in [0.15, 0.2) is 24.6 Å². The molecule has 0 radical (unpaired) electrons. The van der Waals surface area contributed by atoms with Crippen molar-refractivity contribution in [3.05, 3.63) is 60.8 Å². The van der Waals surface area contributed by atoms with E-state index in [1.54, 1.807) is 0 Å². The van der Waals surface area contributed by atoms with Crippen LogP contribution in [0.4, 0.5) is 0 Å². The van der Waals surface area contributed by atoms with Crippen LogP contribution >= 0.6 is 0 Å². The average molecular weight is 1060 g/mol. The Morgan fingerprint density at radius 1 is 0.453 bits per heavy atom. The second kappa shape index (κ2) is 51.2. The number of carbonyl (C=O) groups is 4. The molecule has 6 atom stereocenters. The van der Waals surface area contributed by atoms with Gasteiger partial charge in [-0.1, -0.05) is 210 Å². The highest BCUT2D eigenvalue weighted by atomic mass is 16.7. The zero-order valence-corrected chi connectivity index (χ0v) is 47.5. The molecule has 0 aromatic rings. The van der Waals surface area contributed by atoms with Gasteiger partial charge in [-0.25, -0.2) is 4.79 Å². The number of allylic oxidation sites excluding steroid dienone is 10. The quantitative estimate of drug-likeness (QED) is 0.0228. The lowest BCUT2D eigenvalue weighted by atomic mass is 9.98. The average Bonchev–Trinajstić information content (AvgIpc) is 3.39. The lowest BCUT2D eigenvalue weighted by Crippen LogP contribution is -2.61. The standard InChI is InChI=1S/C63H108O12/c1-4-7-10-13-16-19-22-24-26-27-28-29-31-32-35-37-40-43-46-49-55(64)71-52-54(73-56(65)50-47-44-41-39-36-33-30-25-23-20-17-14-11-8-5-2)53-72-63-61(59(68)58(67)60(75-63)62(69)70)74-57(66)51-48-45-42-38-34-21-18-15-12-9-6-3/h8,11,15,17-18,20,24-26,30,54,58-61,63,67-68H,4-7,9-10,12-14,16,19,21-23,27-29,31-53H2,1-3H3,(H,69,70)/b11-8-,18-15-,20-17-,26-24-,30-25-. The van der Waals surface area contributed by atoms with Crippen LogP contribution in [0.1, 0.15) is 265 Å². The summed E-state index contributed by atoms with van der Waals surface area (Å²) in [5.74, 6) is -3.15. The molecule has 12 nitrogen and oxygen atoms in total. The highest BCUT2D eigenvalue weighted by molar-refractivity contribution is 5.74. The molecular weight excluding hydrogens is 949 g/mol. The second-order valence-corrected chi connectivity index (χ2v) is 20.6. The molecule has 0 spiro atoms. The fourth-order valence-corrected chi connectivity index (χ4v) is 8.89. The molecule has 1 heterocycles. The molecule has 1 aliphatic heterocycles. The number of hydrogen-bond donors (Lipinski definition) is 3. The summed E-state index contributed by atoms with van der Waals surface area (Å²) in [5.41, 5.74) is 0. The van der Waals surface area contributed by atoms with Crippen molar-refractivity contribution in [2.45, 2.75) is 302 Å². The molecule has 6 unspecified atom stereocenters. The number of aliphatic carboxylic acids is 1. The maximum absolute atomic E-state index is 13.1. The number of unbranched alkanes of at least 4 members (excludes halogenated alkanes) is 27. The van der Waals surface area contributed by atoms with E-state index >= 15 is 0 Å². The monoisotopic (exact) mass is 1060 g/mol. The number of aliphatic hydroxyl groups excluding tert-OH is 2. The summed E-state index contributed by atoms with van der Waals surface area (Å²) in [5, 5.41) is 31.4. The van der Waals surface area contributed by atoms with Crippen molar-refractivity contribution in [3.8, 4) is 0 Å². The van der Waals surface area contributed by atoms with Crippen molar-refractivity contribution in [2.75, 3.05) is 13.2 Å². The Morgan fingerprint density at radius 3 is 1.33 bits per heavy atom. The van der Waals surface area contributed by atoms with Gasteiger partial charge in [0.05, 0.1) is 6.61 Å². The minimum atomic E-state index is -1.91. The predicted molar refractivity (Wildman–Crippen MR) is 303 cm³/mol. The molecule has 0 bridgehead atoms. The molecule has 0 aromatic heterocycles. The Bertz CT molecular complexity index is 1540. The zero-order chi connectivity index (χ0) is 54.7. The van der Waals surface area contributed by atoms with Gasteiger partial charge in [-0.3, -0.25) is 14.4 Å². The number of aliphatic hydroxyl groups is 2. The van der Waals surface area contributed by atoms with Gasteiger partial charge in [0, 0.05) is 19.3 Å². The van der Waals surface area contributed by atoms with Crippen LogP contribution in [0.3, 0.4) is 0 Å². The molecule has 3 N–H and O–H groups in total. The molecule has 432 valence electrons. The van der Waals surface area contributed by atoms with Gasteiger partial charge >= 0.3 is 23.9 Å². The van der Waals surface area contributed by atoms with Crippen LogP contribution in [0.5, 0.6) is 0 Å². The van der Waals surface area contributed by atoms with Crippen LogP contribution in [-0.2, 0) is 42.9 Å². The first kappa shape index (κ1) is 69.4. The maximum Gasteiger partial charge on any atom is 0.335 e. The molecule has 1 saturated heterocycles. The summed E-state index contributed by atoms with van der Waals surface area (Å²) in [6.07, 6.45) is 50.5. The smallest absolute Gasteiger partial charge is 0.335 e. The third-order valence-corrected chi connectivity index (χ3v) is 13.5. The van der Waals surface area contributed by atoms with Crippen molar-refractivity contribution >= 4 is 23.9 Å². The fraction of sp³-hybridized carbons (Fsp3) is 0.778. The molecule has 1 aliphatic rings. The van der Waals surface area contributed by atoms with Gasteiger partial charge in [0.25, 0.3) is 0 Å². The van der Waals surface area contributed by atoms with Crippen molar-refractivity contribution in [1.29, 1.82) is 0 Å². The molecule has 0 aliphatic carbocycles. The maximum atomic E-state index is 13.1. The number of carboxylic acids is 1. The first-order valence-electron chi connectivity index (χ1n) is 30.3. The first-order chi connectivity index (χ1) is 36.6. The number of rotatable bonds is 51. The van der Waals surface area contributed by atoms with Crippen LogP contribution in [0.15, 0.2) is 60.8 Å². The van der Waals surface area contributed by atoms with Gasteiger partial charge in [-0.05, 0) is 96.3 Å². The predicted octanol–water partition coefficient (Wildman–Crippen LogP) is 15.6. The van der Waals surface area contributed by atoms with E-state index in [0.29, 0.717) is 19.3 Å². The van der Waals surface area contributed by atoms with Gasteiger partial charge in [0.1, 0.15) is 18.8 Å². The van der Waals surface area contributed by atoms with E-state index < -0.39 is 67.3 Å². The molecule has 0 saturated carbocycles. The SMILES string of the molecule is CC/C=C\C/C=C\C/C=C\CCCCCCCC(=O)OC(COC(=O)CCCCCCCCCCC/C=C\CCCCCCCC)COC1OC(C(=O)O)C(O)C(O)C1OC(=O)CCCCCCC/C=C\CCCC. The van der Waals surface area contributed by atoms with Crippen LogP contribution in [0.2, 0.25) is 0 Å². The molecule has 12 heteroatoms. The number of carbonyl (C=O) groups excluding carboxylic acids is 3. The minimum absolute atomic E-state index is 0.0473. The summed E-state index contributed by atoms with van der Waals surface area (Å²) in [7, 11) is 0. The zero-order valence-electron chi connectivity index (χ0n) is 47.5. The van der Waals surface area contributed by atoms with Crippen LogP contribution in [0.25, 0.3) is 0 Å². The lowest BCUT2D eigenvalue weighted by molar-refractivity contribution is -0.301. The summed E-state index contributed by atoms with van der Waals surface area (Å²) in [6, 6.07) is 0. The molecular formula is C63H108O12. The Balaban J connectivity index is 2.67. The summed E-state index contributed by atoms with van der Waals surface area (Å²) < 4.78 is 28.4. The van der Waals surface area contributed by atoms with Crippen LogP contribution in [0, 0.1) is 0 Å². The molecule has 0 aromatic carbocycles. The van der Waals surface area contributed by atoms with Gasteiger partial charge in [0.2, 0.25) is 0 Å². The van der Waals surface area contributed by atoms with E-state index in [0.717, 1.165) is 109 Å². The van der Waals surface area contributed by atoms with Crippen LogP contribution in [-0.4, -0.2) is 89.2 Å². The largest absolute Gasteiger partial charge is 0.479 e. The Morgan fingerprint density at radius 2 is 0.853 bits per heavy atom. The topological polar surface area (TPSA) is 175 Å².